The Morgan fingerprint density at radius 3 is 1.83 bits per heavy atom. The number of hydrogen-bond acceptors (Lipinski definition) is 2. The fourth-order valence-electron chi connectivity index (χ4n) is 0. The van der Waals surface area contributed by atoms with Gasteiger partial charge in [-0.2, -0.15) is 12.6 Å². The molecule has 0 aliphatic carbocycles. The summed E-state index contributed by atoms with van der Waals surface area (Å²) < 4.78 is 0. The van der Waals surface area contributed by atoms with Crippen molar-refractivity contribution in [2.45, 2.75) is 5.40 Å². The summed E-state index contributed by atoms with van der Waals surface area (Å²) in [5.74, 6) is 0.0764. The second-order valence-electron chi connectivity index (χ2n) is 1.15. The van der Waals surface area contributed by atoms with Gasteiger partial charge in [0, 0.05) is 5.75 Å². The molecule has 6 heavy (non-hydrogen) atoms. The molecule has 0 aromatic carbocycles. The zero-order valence-corrected chi connectivity index (χ0v) is 4.15. The van der Waals surface area contributed by atoms with Crippen molar-refractivity contribution in [3.05, 3.63) is 0 Å². The van der Waals surface area contributed by atoms with Crippen LogP contribution in [0.5, 0.6) is 0 Å². The van der Waals surface area contributed by atoms with Crippen LogP contribution in [0.3, 0.4) is 0 Å². The van der Waals surface area contributed by atoms with Gasteiger partial charge in [-0.15, -0.1) is 0 Å². The molecule has 0 aromatic rings. The molecule has 4 heteroatoms. The Hall–Kier alpha value is 0.440. The van der Waals surface area contributed by atoms with Gasteiger partial charge >= 0.3 is 0 Å². The summed E-state index contributed by atoms with van der Waals surface area (Å²) in [7, 11) is 9.58. The predicted molar refractivity (Wildman–Crippen MR) is 30.3 cm³/mol. The third-order valence-corrected chi connectivity index (χ3v) is 0.760. The van der Waals surface area contributed by atoms with Crippen LogP contribution in [0.25, 0.3) is 0 Å². The first-order chi connectivity index (χ1) is 2.56. The van der Waals surface area contributed by atoms with E-state index in [9.17, 15) is 0 Å². The van der Waals surface area contributed by atoms with Crippen molar-refractivity contribution >= 4 is 28.3 Å². The molecule has 0 heterocycles. The van der Waals surface area contributed by atoms with E-state index >= 15 is 0 Å². The Kier molecular flexibility index (Phi) is 2.08. The van der Waals surface area contributed by atoms with Gasteiger partial charge < -0.3 is 5.11 Å². The van der Waals surface area contributed by atoms with Crippen molar-refractivity contribution in [2.75, 3.05) is 5.75 Å². The van der Waals surface area contributed by atoms with Crippen LogP contribution in [0.4, 0.5) is 0 Å². The molecule has 1 nitrogen and oxygen atoms in total. The number of aliphatic hydroxyl groups is 1. The molecule has 0 spiro atoms. The molecule has 0 amide bonds. The maximum absolute atomic E-state index is 8.31. The first-order valence-electron chi connectivity index (χ1n) is 1.47. The van der Waals surface area contributed by atoms with Gasteiger partial charge in [-0.1, -0.05) is 0 Å². The Morgan fingerprint density at radius 1 is 1.67 bits per heavy atom. The molecular weight excluding hydrogens is 93.7 g/mol. The molecule has 0 saturated heterocycles. The summed E-state index contributed by atoms with van der Waals surface area (Å²) in [6, 6.07) is 0. The number of thiol groups is 1. The van der Waals surface area contributed by atoms with Crippen LogP contribution in [-0.2, 0) is 0 Å². The average molecular weight is 97.7 g/mol. The molecule has 0 aliphatic heterocycles. The molecule has 30 valence electrons. The lowest BCUT2D eigenvalue weighted by Crippen LogP contribution is -2.30. The Labute approximate surface area is 45.4 Å². The van der Waals surface area contributed by atoms with Gasteiger partial charge in [0.15, 0.2) is 0 Å². The highest BCUT2D eigenvalue weighted by molar-refractivity contribution is 7.80. The minimum Gasteiger partial charge on any atom is -0.408 e. The third-order valence-electron chi connectivity index (χ3n) is 0.253. The lowest BCUT2D eigenvalue weighted by molar-refractivity contribution is 0.239. The van der Waals surface area contributed by atoms with E-state index < -0.39 is 5.40 Å². The molecule has 0 atom stereocenters. The molecule has 0 rings (SSSR count). The summed E-state index contributed by atoms with van der Waals surface area (Å²) in [6.45, 7) is 0. The quantitative estimate of drug-likeness (QED) is 0.315. The molecule has 0 fully saturated rings. The first-order valence-corrected chi connectivity index (χ1v) is 2.10. The second kappa shape index (κ2) is 1.94. The van der Waals surface area contributed by atoms with Gasteiger partial charge in [-0.25, -0.2) is 0 Å². The Morgan fingerprint density at radius 2 is 1.83 bits per heavy atom. The minimum atomic E-state index is -1.59. The van der Waals surface area contributed by atoms with Gasteiger partial charge in [-0.3, -0.25) is 0 Å². The van der Waals surface area contributed by atoms with Gasteiger partial charge in [-0.05, 0) is 5.40 Å². The Balaban J connectivity index is 3.17. The van der Waals surface area contributed by atoms with E-state index in [1.165, 1.54) is 0 Å². The van der Waals surface area contributed by atoms with E-state index in [4.69, 9.17) is 20.8 Å². The largest absolute Gasteiger partial charge is 0.408 e. The third kappa shape index (κ3) is 4.44. The predicted octanol–water partition coefficient (Wildman–Crippen LogP) is -1.10. The van der Waals surface area contributed by atoms with Crippen LogP contribution in [0, 0.1) is 0 Å². The van der Waals surface area contributed by atoms with Crippen molar-refractivity contribution in [3.8, 4) is 0 Å². The summed E-state index contributed by atoms with van der Waals surface area (Å²) in [5.41, 5.74) is 0. The highest BCUT2D eigenvalue weighted by atomic mass is 32.1. The van der Waals surface area contributed by atoms with E-state index in [2.05, 4.69) is 12.6 Å². The Bertz CT molecular complexity index is 41.3. The van der Waals surface area contributed by atoms with Crippen LogP contribution in [0.1, 0.15) is 0 Å². The SMILES string of the molecule is [B]C([B])(O)CS. The zero-order valence-electron chi connectivity index (χ0n) is 3.26. The molecule has 1 N–H and O–H groups in total. The van der Waals surface area contributed by atoms with Gasteiger partial charge in [0.1, 0.15) is 15.7 Å². The summed E-state index contributed by atoms with van der Waals surface area (Å²) in [6.07, 6.45) is 0. The van der Waals surface area contributed by atoms with E-state index in [1.807, 2.05) is 0 Å². The van der Waals surface area contributed by atoms with Crippen LogP contribution < -0.4 is 0 Å². The van der Waals surface area contributed by atoms with Crippen molar-refractivity contribution in [1.82, 2.24) is 0 Å². The van der Waals surface area contributed by atoms with Crippen molar-refractivity contribution in [3.63, 3.8) is 0 Å². The van der Waals surface area contributed by atoms with Gasteiger partial charge in [0.25, 0.3) is 0 Å². The highest BCUT2D eigenvalue weighted by Crippen LogP contribution is 1.90. The van der Waals surface area contributed by atoms with E-state index in [-0.39, 0.29) is 5.75 Å². The van der Waals surface area contributed by atoms with E-state index in [0.717, 1.165) is 0 Å². The second-order valence-corrected chi connectivity index (χ2v) is 1.47. The monoisotopic (exact) mass is 98.0 g/mol. The summed E-state index contributed by atoms with van der Waals surface area (Å²) in [4.78, 5) is 0. The van der Waals surface area contributed by atoms with Gasteiger partial charge in [0.2, 0.25) is 0 Å². The lowest BCUT2D eigenvalue weighted by Gasteiger charge is -2.12. The molecule has 4 radical (unpaired) electrons. The highest BCUT2D eigenvalue weighted by Gasteiger charge is 2.05. The van der Waals surface area contributed by atoms with E-state index in [1.54, 1.807) is 0 Å². The van der Waals surface area contributed by atoms with E-state index in [0.29, 0.717) is 0 Å². The molecule has 0 unspecified atom stereocenters. The maximum atomic E-state index is 8.31. The standard InChI is InChI=1S/C2H4B2OS/c3-2(4,5)1-6/h5-6H,1H2. The smallest absolute Gasteiger partial charge is 0.100 e. The van der Waals surface area contributed by atoms with Crippen molar-refractivity contribution in [1.29, 1.82) is 0 Å². The van der Waals surface area contributed by atoms with Crippen LogP contribution >= 0.6 is 12.6 Å². The van der Waals surface area contributed by atoms with Crippen molar-refractivity contribution in [2.24, 2.45) is 0 Å². The molecule has 0 aromatic heterocycles. The topological polar surface area (TPSA) is 20.2 Å². The molecular formula is C2H4B2OS. The maximum Gasteiger partial charge on any atom is 0.100 e. The van der Waals surface area contributed by atoms with Crippen LogP contribution in [0.2, 0.25) is 0 Å². The lowest BCUT2D eigenvalue weighted by atomic mass is 9.67. The first kappa shape index (κ1) is 6.44. The van der Waals surface area contributed by atoms with Crippen LogP contribution in [-0.4, -0.2) is 32.0 Å². The number of rotatable bonds is 1. The zero-order chi connectivity index (χ0) is 5.21. The van der Waals surface area contributed by atoms with Crippen LogP contribution in [0.15, 0.2) is 0 Å². The van der Waals surface area contributed by atoms with Gasteiger partial charge in [0.05, 0.1) is 0 Å². The molecule has 0 bridgehead atoms. The minimum absolute atomic E-state index is 0.0764. The van der Waals surface area contributed by atoms with Crippen molar-refractivity contribution < 1.29 is 5.11 Å². The molecule has 0 saturated carbocycles. The summed E-state index contributed by atoms with van der Waals surface area (Å²) >= 11 is 3.60. The molecule has 0 aliphatic rings. The average Bonchev–Trinajstić information content (AvgIpc) is 1.35. The normalized spacial score (nSPS) is 11.7. The number of hydrogen-bond donors (Lipinski definition) is 2. The fourth-order valence-corrected chi connectivity index (χ4v) is 0. The fraction of sp³-hybridized carbons (Fsp3) is 1.00. The summed E-state index contributed by atoms with van der Waals surface area (Å²) in [5, 5.41) is 6.71.